The minimum atomic E-state index is -0.530. The second-order valence-electron chi connectivity index (χ2n) is 5.58. The number of benzene rings is 1. The number of aliphatic hydroxyl groups is 1. The van der Waals surface area contributed by atoms with Crippen molar-refractivity contribution >= 4 is 16.9 Å². The van der Waals surface area contributed by atoms with Gasteiger partial charge in [0.2, 0.25) is 0 Å². The molecule has 0 atom stereocenters. The maximum absolute atomic E-state index is 11.5. The Morgan fingerprint density at radius 2 is 1.95 bits per heavy atom. The van der Waals surface area contributed by atoms with E-state index >= 15 is 0 Å². The van der Waals surface area contributed by atoms with E-state index in [2.05, 4.69) is 31.0 Å². The summed E-state index contributed by atoms with van der Waals surface area (Å²) in [6, 6.07) is 11.7. The van der Waals surface area contributed by atoms with Crippen LogP contribution in [0.3, 0.4) is 0 Å². The molecule has 0 saturated heterocycles. The second-order valence-corrected chi connectivity index (χ2v) is 5.58. The number of ketones is 1. The van der Waals surface area contributed by atoms with Crippen molar-refractivity contribution in [3.8, 4) is 11.3 Å². The molecule has 0 aliphatic heterocycles. The quantitative estimate of drug-likeness (QED) is 0.744. The molecule has 0 unspecified atom stereocenters. The molecule has 0 bridgehead atoms. The number of furan rings is 1. The van der Waals surface area contributed by atoms with E-state index in [9.17, 15) is 4.79 Å². The van der Waals surface area contributed by atoms with Gasteiger partial charge in [-0.15, -0.1) is 0 Å². The van der Waals surface area contributed by atoms with Crippen LogP contribution >= 0.6 is 0 Å². The summed E-state index contributed by atoms with van der Waals surface area (Å²) < 4.78 is 5.79. The third-order valence-electron chi connectivity index (χ3n) is 3.70. The summed E-state index contributed by atoms with van der Waals surface area (Å²) in [6.07, 6.45) is 1.46. The van der Waals surface area contributed by atoms with E-state index < -0.39 is 6.61 Å². The number of carbonyl (C=O) groups excluding carboxylic acids is 1. The van der Waals surface area contributed by atoms with Crippen LogP contribution in [0, 0.1) is 0 Å². The number of hydrogen-bond donors (Lipinski definition) is 1. The lowest BCUT2D eigenvalue weighted by molar-refractivity contribution is 0.0903. The number of pyridine rings is 1. The molecule has 0 aliphatic rings. The van der Waals surface area contributed by atoms with Crippen molar-refractivity contribution in [1.29, 1.82) is 0 Å². The van der Waals surface area contributed by atoms with Crippen LogP contribution in [-0.4, -0.2) is 22.5 Å². The highest BCUT2D eigenvalue weighted by Crippen LogP contribution is 2.28. The second kappa shape index (κ2) is 5.73. The standard InChI is InChI=1S/C18H17NO3/c1-11(2)12-3-5-13(6-4-12)17-8-15-18(22-17)7-14(9-19-15)16(21)10-20/h3-9,11,20H,10H2,1-2H3. The third-order valence-corrected chi connectivity index (χ3v) is 3.70. The fourth-order valence-corrected chi connectivity index (χ4v) is 2.34. The van der Waals surface area contributed by atoms with Crippen LogP contribution in [0.4, 0.5) is 0 Å². The van der Waals surface area contributed by atoms with E-state index in [1.54, 1.807) is 6.07 Å². The van der Waals surface area contributed by atoms with Crippen molar-refractivity contribution in [2.45, 2.75) is 19.8 Å². The van der Waals surface area contributed by atoms with Gasteiger partial charge in [0, 0.05) is 23.4 Å². The normalized spacial score (nSPS) is 11.3. The Kier molecular flexibility index (Phi) is 3.77. The number of aromatic nitrogens is 1. The third kappa shape index (κ3) is 2.65. The predicted molar refractivity (Wildman–Crippen MR) is 85.0 cm³/mol. The molecule has 112 valence electrons. The van der Waals surface area contributed by atoms with Crippen molar-refractivity contribution in [2.24, 2.45) is 0 Å². The van der Waals surface area contributed by atoms with Crippen LogP contribution in [-0.2, 0) is 0 Å². The van der Waals surface area contributed by atoms with Crippen LogP contribution in [0.1, 0.15) is 35.7 Å². The summed E-state index contributed by atoms with van der Waals surface area (Å²) >= 11 is 0. The molecule has 0 aliphatic carbocycles. The van der Waals surface area contributed by atoms with Crippen molar-refractivity contribution in [3.63, 3.8) is 0 Å². The van der Waals surface area contributed by atoms with Crippen LogP contribution < -0.4 is 0 Å². The molecule has 1 N–H and O–H groups in total. The van der Waals surface area contributed by atoms with Gasteiger partial charge in [-0.1, -0.05) is 38.1 Å². The molecule has 22 heavy (non-hydrogen) atoms. The summed E-state index contributed by atoms with van der Waals surface area (Å²) in [5, 5.41) is 8.91. The first-order chi connectivity index (χ1) is 10.6. The molecule has 2 aromatic heterocycles. The summed E-state index contributed by atoms with van der Waals surface area (Å²) in [4.78, 5) is 15.7. The van der Waals surface area contributed by atoms with Crippen LogP contribution in [0.15, 0.2) is 47.0 Å². The fraction of sp³-hybridized carbons (Fsp3) is 0.222. The number of carbonyl (C=O) groups is 1. The Morgan fingerprint density at radius 3 is 2.59 bits per heavy atom. The number of Topliss-reactive ketones (excluding diaryl/α,β-unsaturated/α-hetero) is 1. The molecule has 3 rings (SSSR count). The molecule has 2 heterocycles. The first-order valence-electron chi connectivity index (χ1n) is 7.22. The van der Waals surface area contributed by atoms with Gasteiger partial charge < -0.3 is 9.52 Å². The lowest BCUT2D eigenvalue weighted by Gasteiger charge is -2.05. The fourth-order valence-electron chi connectivity index (χ4n) is 2.34. The Morgan fingerprint density at radius 1 is 1.23 bits per heavy atom. The Bertz CT molecular complexity index is 816. The van der Waals surface area contributed by atoms with Gasteiger partial charge in [-0.3, -0.25) is 9.78 Å². The zero-order valence-corrected chi connectivity index (χ0v) is 12.5. The highest BCUT2D eigenvalue weighted by Gasteiger charge is 2.11. The van der Waals surface area contributed by atoms with Gasteiger partial charge >= 0.3 is 0 Å². The van der Waals surface area contributed by atoms with E-state index in [1.807, 2.05) is 18.2 Å². The highest BCUT2D eigenvalue weighted by atomic mass is 16.3. The maximum Gasteiger partial charge on any atom is 0.189 e. The summed E-state index contributed by atoms with van der Waals surface area (Å²) in [6.45, 7) is 3.77. The lowest BCUT2D eigenvalue weighted by Crippen LogP contribution is -2.04. The van der Waals surface area contributed by atoms with Gasteiger partial charge in [0.1, 0.15) is 17.9 Å². The van der Waals surface area contributed by atoms with Crippen LogP contribution in [0.2, 0.25) is 0 Å². The van der Waals surface area contributed by atoms with Crippen molar-refractivity contribution in [3.05, 3.63) is 53.7 Å². The van der Waals surface area contributed by atoms with Gasteiger partial charge in [-0.2, -0.15) is 0 Å². The lowest BCUT2D eigenvalue weighted by atomic mass is 10.0. The molecule has 4 nitrogen and oxygen atoms in total. The molecule has 0 fully saturated rings. The average Bonchev–Trinajstić information content (AvgIpc) is 2.97. The maximum atomic E-state index is 11.5. The number of rotatable bonds is 4. The average molecular weight is 295 g/mol. The van der Waals surface area contributed by atoms with Crippen molar-refractivity contribution in [1.82, 2.24) is 4.98 Å². The van der Waals surface area contributed by atoms with E-state index in [-0.39, 0.29) is 5.78 Å². The monoisotopic (exact) mass is 295 g/mol. The number of fused-ring (bicyclic) bond motifs is 1. The molecule has 1 aromatic carbocycles. The van der Waals surface area contributed by atoms with Gasteiger partial charge in [-0.25, -0.2) is 0 Å². The first-order valence-corrected chi connectivity index (χ1v) is 7.22. The minimum Gasteiger partial charge on any atom is -0.454 e. The van der Waals surface area contributed by atoms with Gasteiger partial charge in [0.25, 0.3) is 0 Å². The van der Waals surface area contributed by atoms with Gasteiger partial charge in [0.15, 0.2) is 11.4 Å². The number of aliphatic hydroxyl groups excluding tert-OH is 1. The van der Waals surface area contributed by atoms with Gasteiger partial charge in [0.05, 0.1) is 0 Å². The first kappa shape index (κ1) is 14.5. The van der Waals surface area contributed by atoms with Crippen molar-refractivity contribution in [2.75, 3.05) is 6.61 Å². The molecule has 0 spiro atoms. The molecule has 4 heteroatoms. The van der Waals surface area contributed by atoms with Gasteiger partial charge in [-0.05, 0) is 17.5 Å². The van der Waals surface area contributed by atoms with E-state index in [4.69, 9.17) is 9.52 Å². The Balaban J connectivity index is 1.99. The molecule has 0 amide bonds. The zero-order valence-electron chi connectivity index (χ0n) is 12.5. The Hall–Kier alpha value is -2.46. The molecule has 0 radical (unpaired) electrons. The highest BCUT2D eigenvalue weighted by molar-refractivity contribution is 5.99. The van der Waals surface area contributed by atoms with E-state index in [0.717, 1.165) is 5.56 Å². The summed E-state index contributed by atoms with van der Waals surface area (Å²) in [7, 11) is 0. The molecular weight excluding hydrogens is 278 g/mol. The van der Waals surface area contributed by atoms with E-state index in [1.165, 1.54) is 11.8 Å². The predicted octanol–water partition coefficient (Wildman–Crippen LogP) is 3.79. The molecular formula is C18H17NO3. The SMILES string of the molecule is CC(C)c1ccc(-c2cc3ncc(C(=O)CO)cc3o2)cc1. The molecule has 0 saturated carbocycles. The Labute approximate surface area is 128 Å². The summed E-state index contributed by atoms with van der Waals surface area (Å²) in [5.74, 6) is 0.832. The summed E-state index contributed by atoms with van der Waals surface area (Å²) in [5.41, 5.74) is 3.83. The van der Waals surface area contributed by atoms with Crippen molar-refractivity contribution < 1.29 is 14.3 Å². The number of hydrogen-bond acceptors (Lipinski definition) is 4. The topological polar surface area (TPSA) is 63.3 Å². The molecule has 3 aromatic rings. The van der Waals surface area contributed by atoms with E-state index in [0.29, 0.717) is 28.3 Å². The minimum absolute atomic E-state index is 0.353. The van der Waals surface area contributed by atoms with Crippen LogP contribution in [0.5, 0.6) is 0 Å². The zero-order chi connectivity index (χ0) is 15.7. The largest absolute Gasteiger partial charge is 0.454 e. The smallest absolute Gasteiger partial charge is 0.189 e. The number of nitrogens with zero attached hydrogens (tertiary/aromatic N) is 1. The van der Waals surface area contributed by atoms with Crippen LogP contribution in [0.25, 0.3) is 22.4 Å².